The maximum atomic E-state index is 10.5. The topological polar surface area (TPSA) is 169 Å². The first-order valence-electron chi connectivity index (χ1n) is 9.29. The Morgan fingerprint density at radius 2 is 1.60 bits per heavy atom. The van der Waals surface area contributed by atoms with Gasteiger partial charge in [-0.1, -0.05) is 6.07 Å². The smallest absolute Gasteiger partial charge is 0.228 e. The number of aliphatic hydroxyl groups excluding tert-OH is 4. The molecule has 1 saturated heterocycles. The number of rotatable bonds is 3. The van der Waals surface area contributed by atoms with Crippen molar-refractivity contribution in [1.29, 1.82) is 0 Å². The first-order valence-corrected chi connectivity index (χ1v) is 9.29. The Morgan fingerprint density at radius 3 is 2.33 bits per heavy atom. The van der Waals surface area contributed by atoms with E-state index >= 15 is 0 Å². The average molecular weight is 422 g/mol. The van der Waals surface area contributed by atoms with Crippen LogP contribution < -0.4 is 9.47 Å². The number of fused-ring (bicyclic) bond motifs is 1. The predicted molar refractivity (Wildman–Crippen MR) is 99.3 cm³/mol. The molecule has 6 atom stereocenters. The van der Waals surface area contributed by atoms with E-state index in [1.165, 1.54) is 30.3 Å². The lowest BCUT2D eigenvalue weighted by Gasteiger charge is -2.35. The Bertz CT molecular complexity index is 932. The van der Waals surface area contributed by atoms with E-state index in [1.807, 2.05) is 0 Å². The molecule has 7 N–H and O–H groups in total. The highest BCUT2D eigenvalue weighted by atomic mass is 16.7. The van der Waals surface area contributed by atoms with Gasteiger partial charge >= 0.3 is 0 Å². The molecular weight excluding hydrogens is 400 g/mol. The highest BCUT2D eigenvalue weighted by molar-refractivity contribution is 5.52. The van der Waals surface area contributed by atoms with Gasteiger partial charge in [0.2, 0.25) is 6.29 Å². The molecule has 0 amide bonds. The van der Waals surface area contributed by atoms with Crippen molar-refractivity contribution in [2.45, 2.75) is 43.2 Å². The van der Waals surface area contributed by atoms with Crippen molar-refractivity contribution in [3.05, 3.63) is 41.5 Å². The maximum Gasteiger partial charge on any atom is 0.228 e. The van der Waals surface area contributed by atoms with Gasteiger partial charge in [0.25, 0.3) is 0 Å². The van der Waals surface area contributed by atoms with Crippen LogP contribution in [-0.4, -0.2) is 73.1 Å². The molecule has 0 aromatic heterocycles. The minimum atomic E-state index is -1.51. The van der Waals surface area contributed by atoms with Crippen molar-refractivity contribution in [3.63, 3.8) is 0 Å². The van der Waals surface area contributed by atoms with Crippen molar-refractivity contribution in [3.8, 4) is 28.7 Å². The molecule has 2 heterocycles. The first-order chi connectivity index (χ1) is 14.2. The number of benzene rings is 2. The van der Waals surface area contributed by atoms with Crippen LogP contribution in [0.25, 0.3) is 0 Å². The molecule has 30 heavy (non-hydrogen) atoms. The fourth-order valence-electron chi connectivity index (χ4n) is 3.54. The van der Waals surface area contributed by atoms with Crippen LogP contribution in [0.5, 0.6) is 28.7 Å². The Labute approximate surface area is 170 Å². The summed E-state index contributed by atoms with van der Waals surface area (Å²) < 4.78 is 16.5. The normalized spacial score (nSPS) is 30.9. The van der Waals surface area contributed by atoms with E-state index in [0.717, 1.165) is 0 Å². The lowest BCUT2D eigenvalue weighted by atomic mass is 9.94. The minimum Gasteiger partial charge on any atom is -0.507 e. The highest BCUT2D eigenvalue weighted by Crippen LogP contribution is 2.43. The summed E-state index contributed by atoms with van der Waals surface area (Å²) in [5.74, 6) is -0.602. The molecule has 2 aliphatic rings. The van der Waals surface area contributed by atoms with Gasteiger partial charge in [0, 0.05) is 24.1 Å². The summed E-state index contributed by atoms with van der Waals surface area (Å²) in [5, 5.41) is 69.3. The number of ether oxygens (including phenoxy) is 3. The number of aromatic hydroxyl groups is 3. The van der Waals surface area contributed by atoms with Gasteiger partial charge < -0.3 is 50.0 Å². The number of phenols is 3. The van der Waals surface area contributed by atoms with E-state index in [-0.39, 0.29) is 41.8 Å². The quantitative estimate of drug-likeness (QED) is 0.325. The van der Waals surface area contributed by atoms with Crippen molar-refractivity contribution < 1.29 is 50.0 Å². The fourth-order valence-corrected chi connectivity index (χ4v) is 3.54. The molecule has 4 rings (SSSR count). The molecule has 2 aromatic rings. The summed E-state index contributed by atoms with van der Waals surface area (Å²) >= 11 is 0. The molecule has 10 nitrogen and oxygen atoms in total. The molecule has 2 aromatic carbocycles. The van der Waals surface area contributed by atoms with E-state index in [1.54, 1.807) is 0 Å². The molecule has 0 bridgehead atoms. The average Bonchev–Trinajstić information content (AvgIpc) is 2.71. The Balaban J connectivity index is 1.58. The van der Waals surface area contributed by atoms with Crippen LogP contribution in [-0.2, 0) is 11.2 Å². The Kier molecular flexibility index (Phi) is 5.35. The molecule has 0 aliphatic carbocycles. The lowest BCUT2D eigenvalue weighted by Crippen LogP contribution is -2.54. The van der Waals surface area contributed by atoms with Crippen LogP contribution in [0.1, 0.15) is 17.2 Å². The van der Waals surface area contributed by atoms with Crippen LogP contribution in [0.2, 0.25) is 0 Å². The number of phenolic OH excluding ortho intramolecular Hbond substituents is 3. The SMILES string of the molecule is Oc1ccc([C@H]2Oc3cc(O[C@H]4OC[C@@H](O)[C@H](O)[C@H]4O)cc(O)c3C[C@@H]2O)cc1O. The minimum absolute atomic E-state index is 0.0568. The maximum absolute atomic E-state index is 10.5. The molecule has 0 unspecified atom stereocenters. The number of hydrogen-bond donors (Lipinski definition) is 7. The second kappa shape index (κ2) is 7.82. The highest BCUT2D eigenvalue weighted by Gasteiger charge is 2.39. The Hall–Kier alpha value is -2.76. The van der Waals surface area contributed by atoms with E-state index in [0.29, 0.717) is 11.1 Å². The van der Waals surface area contributed by atoms with Gasteiger partial charge in [-0.05, 0) is 17.7 Å². The van der Waals surface area contributed by atoms with Gasteiger partial charge in [-0.25, -0.2) is 0 Å². The molecule has 10 heteroatoms. The van der Waals surface area contributed by atoms with Crippen molar-refractivity contribution >= 4 is 0 Å². The summed E-state index contributed by atoms with van der Waals surface area (Å²) in [5.41, 5.74) is 0.757. The summed E-state index contributed by atoms with van der Waals surface area (Å²) in [6.07, 6.45) is -7.34. The standard InChI is InChI=1S/C20H22O10/c21-11-2-1-8(3-13(11)23)19-14(24)6-10-12(22)4-9(5-16(10)30-19)29-20-18(27)17(26)15(25)7-28-20/h1-5,14-15,17-27H,6-7H2/t14-,15+,17-,18+,19+,20+/m0/s1. The zero-order valence-electron chi connectivity index (χ0n) is 15.6. The van der Waals surface area contributed by atoms with Crippen LogP contribution in [0.3, 0.4) is 0 Å². The number of aliphatic hydroxyl groups is 4. The largest absolute Gasteiger partial charge is 0.507 e. The molecule has 1 fully saturated rings. The van der Waals surface area contributed by atoms with Crippen LogP contribution in [0, 0.1) is 0 Å². The summed E-state index contributed by atoms with van der Waals surface area (Å²) in [7, 11) is 0. The van der Waals surface area contributed by atoms with Crippen LogP contribution >= 0.6 is 0 Å². The van der Waals surface area contributed by atoms with Crippen molar-refractivity contribution in [1.82, 2.24) is 0 Å². The molecule has 0 radical (unpaired) electrons. The second-order valence-corrected chi connectivity index (χ2v) is 7.35. The second-order valence-electron chi connectivity index (χ2n) is 7.35. The first kappa shape index (κ1) is 20.5. The lowest BCUT2D eigenvalue weighted by molar-refractivity contribution is -0.242. The summed E-state index contributed by atoms with van der Waals surface area (Å²) in [6, 6.07) is 6.73. The zero-order chi connectivity index (χ0) is 21.6. The zero-order valence-corrected chi connectivity index (χ0v) is 15.6. The fraction of sp³-hybridized carbons (Fsp3) is 0.400. The van der Waals surface area contributed by atoms with Gasteiger partial charge in [0.05, 0.1) is 12.7 Å². The third-order valence-corrected chi connectivity index (χ3v) is 5.21. The summed E-state index contributed by atoms with van der Waals surface area (Å²) in [6.45, 7) is -0.241. The van der Waals surface area contributed by atoms with Crippen LogP contribution in [0.4, 0.5) is 0 Å². The van der Waals surface area contributed by atoms with E-state index < -0.39 is 36.8 Å². The van der Waals surface area contributed by atoms with E-state index in [2.05, 4.69) is 0 Å². The van der Waals surface area contributed by atoms with E-state index in [4.69, 9.17) is 14.2 Å². The van der Waals surface area contributed by atoms with Gasteiger partial charge in [0.15, 0.2) is 11.5 Å². The molecular formula is C20H22O10. The third-order valence-electron chi connectivity index (χ3n) is 5.21. The van der Waals surface area contributed by atoms with Crippen LogP contribution in [0.15, 0.2) is 30.3 Å². The van der Waals surface area contributed by atoms with E-state index in [9.17, 15) is 35.7 Å². The molecule has 0 spiro atoms. The molecule has 0 saturated carbocycles. The number of hydrogen-bond acceptors (Lipinski definition) is 10. The van der Waals surface area contributed by atoms with Gasteiger partial charge in [-0.2, -0.15) is 0 Å². The third kappa shape index (κ3) is 3.71. The monoisotopic (exact) mass is 422 g/mol. The van der Waals surface area contributed by atoms with Gasteiger partial charge in [0.1, 0.15) is 41.7 Å². The summed E-state index contributed by atoms with van der Waals surface area (Å²) in [4.78, 5) is 0. The van der Waals surface area contributed by atoms with Gasteiger partial charge in [-0.15, -0.1) is 0 Å². The Morgan fingerprint density at radius 1 is 0.833 bits per heavy atom. The predicted octanol–water partition coefficient (Wildman–Crippen LogP) is -0.342. The van der Waals surface area contributed by atoms with Gasteiger partial charge in [-0.3, -0.25) is 0 Å². The molecule has 2 aliphatic heterocycles. The van der Waals surface area contributed by atoms with Crippen molar-refractivity contribution in [2.75, 3.05) is 6.61 Å². The van der Waals surface area contributed by atoms with Crippen molar-refractivity contribution in [2.24, 2.45) is 0 Å². The molecule has 162 valence electrons.